The minimum Gasteiger partial charge on any atom is -0.381 e. The average Bonchev–Trinajstić information content (AvgIpc) is 2.42. The van der Waals surface area contributed by atoms with Crippen LogP contribution in [0.2, 0.25) is 0 Å². The molecule has 4 nitrogen and oxygen atoms in total. The largest absolute Gasteiger partial charge is 0.381 e. The van der Waals surface area contributed by atoms with Crippen molar-refractivity contribution in [3.05, 3.63) is 24.3 Å². The molecule has 1 fully saturated rings. The van der Waals surface area contributed by atoms with Gasteiger partial charge < -0.3 is 10.1 Å². The number of rotatable bonds is 5. The minimum atomic E-state index is 0.349. The molecule has 1 N–H and O–H groups in total. The van der Waals surface area contributed by atoms with Gasteiger partial charge in [-0.15, -0.1) is 0 Å². The van der Waals surface area contributed by atoms with Crippen LogP contribution in [0, 0.1) is 5.92 Å². The number of hydrogen-bond donors (Lipinski definition) is 1. The number of nitrogens with zero attached hydrogens (tertiary/aromatic N) is 2. The summed E-state index contributed by atoms with van der Waals surface area (Å²) < 4.78 is 5.43. The monoisotopic (exact) mass is 235 g/mol. The van der Waals surface area contributed by atoms with Gasteiger partial charge in [0.2, 0.25) is 0 Å². The Labute approximate surface area is 103 Å². The van der Waals surface area contributed by atoms with E-state index in [1.165, 1.54) is 0 Å². The van der Waals surface area contributed by atoms with Crippen molar-refractivity contribution in [2.24, 2.45) is 5.92 Å². The molecule has 17 heavy (non-hydrogen) atoms. The van der Waals surface area contributed by atoms with Crippen LogP contribution in [0.3, 0.4) is 0 Å². The maximum absolute atomic E-state index is 5.43. The Balaban J connectivity index is 2.06. The average molecular weight is 235 g/mol. The molecule has 4 heteroatoms. The first-order chi connectivity index (χ1) is 8.42. The molecule has 0 amide bonds. The summed E-state index contributed by atoms with van der Waals surface area (Å²) in [6.07, 6.45) is 6.83. The fourth-order valence-corrected chi connectivity index (χ4v) is 2.35. The fraction of sp³-hybridized carbons (Fsp3) is 0.692. The highest BCUT2D eigenvalue weighted by Gasteiger charge is 2.25. The molecule has 0 aromatic carbocycles. The Morgan fingerprint density at radius 2 is 2.29 bits per heavy atom. The number of aromatic nitrogens is 2. The van der Waals surface area contributed by atoms with Gasteiger partial charge >= 0.3 is 0 Å². The molecule has 0 radical (unpaired) electrons. The van der Waals surface area contributed by atoms with Gasteiger partial charge in [0, 0.05) is 19.4 Å². The van der Waals surface area contributed by atoms with Crippen LogP contribution in [0.15, 0.2) is 18.6 Å². The molecule has 2 heterocycles. The fourth-order valence-electron chi connectivity index (χ4n) is 2.35. The van der Waals surface area contributed by atoms with Gasteiger partial charge in [0.15, 0.2) is 0 Å². The van der Waals surface area contributed by atoms with E-state index in [-0.39, 0.29) is 0 Å². The summed E-state index contributed by atoms with van der Waals surface area (Å²) in [7, 11) is 0. The second kappa shape index (κ2) is 6.67. The molecule has 1 aromatic rings. The molecule has 0 saturated carbocycles. The van der Waals surface area contributed by atoms with Crippen molar-refractivity contribution in [1.29, 1.82) is 0 Å². The third-order valence-corrected chi connectivity index (χ3v) is 3.28. The molecule has 1 aliphatic rings. The van der Waals surface area contributed by atoms with Gasteiger partial charge in [-0.25, -0.2) is 9.97 Å². The Morgan fingerprint density at radius 3 is 2.94 bits per heavy atom. The van der Waals surface area contributed by atoms with E-state index < -0.39 is 0 Å². The maximum Gasteiger partial charge on any atom is 0.115 e. The molecule has 0 spiro atoms. The van der Waals surface area contributed by atoms with Crippen molar-refractivity contribution >= 4 is 0 Å². The SMILES string of the molecule is CCCNC(c1ccncn1)C1CCOCC1. The first-order valence-electron chi connectivity index (χ1n) is 6.49. The lowest BCUT2D eigenvalue weighted by molar-refractivity contribution is 0.0530. The standard InChI is InChI=1S/C13H21N3O/c1-2-6-15-13(11-4-8-17-9-5-11)12-3-7-14-10-16-12/h3,7,10-11,13,15H,2,4-6,8-9H2,1H3. The van der Waals surface area contributed by atoms with Crippen LogP contribution in [0.1, 0.15) is 37.9 Å². The Bertz CT molecular complexity index is 312. The summed E-state index contributed by atoms with van der Waals surface area (Å²) in [5.41, 5.74) is 1.11. The van der Waals surface area contributed by atoms with Gasteiger partial charge in [-0.05, 0) is 37.8 Å². The van der Waals surface area contributed by atoms with Gasteiger partial charge in [0.25, 0.3) is 0 Å². The smallest absolute Gasteiger partial charge is 0.115 e. The van der Waals surface area contributed by atoms with Crippen LogP contribution in [0.25, 0.3) is 0 Å². The minimum absolute atomic E-state index is 0.349. The highest BCUT2D eigenvalue weighted by atomic mass is 16.5. The zero-order chi connectivity index (χ0) is 11.9. The van der Waals surface area contributed by atoms with E-state index >= 15 is 0 Å². The van der Waals surface area contributed by atoms with Gasteiger partial charge in [-0.1, -0.05) is 6.92 Å². The van der Waals surface area contributed by atoms with Crippen LogP contribution < -0.4 is 5.32 Å². The molecule has 1 aromatic heterocycles. The van der Waals surface area contributed by atoms with E-state index in [4.69, 9.17) is 4.74 Å². The summed E-state index contributed by atoms with van der Waals surface area (Å²) in [4.78, 5) is 8.38. The van der Waals surface area contributed by atoms with Crippen LogP contribution >= 0.6 is 0 Å². The summed E-state index contributed by atoms with van der Waals surface area (Å²) in [5.74, 6) is 0.630. The van der Waals surface area contributed by atoms with Crippen molar-refractivity contribution < 1.29 is 4.74 Å². The summed E-state index contributed by atoms with van der Waals surface area (Å²) in [6, 6.07) is 2.37. The lowest BCUT2D eigenvalue weighted by atomic mass is 9.89. The lowest BCUT2D eigenvalue weighted by Gasteiger charge is -2.30. The number of nitrogens with one attached hydrogen (secondary N) is 1. The third kappa shape index (κ3) is 3.48. The first kappa shape index (κ1) is 12.5. The molecule has 1 unspecified atom stereocenters. The lowest BCUT2D eigenvalue weighted by Crippen LogP contribution is -2.33. The summed E-state index contributed by atoms with van der Waals surface area (Å²) >= 11 is 0. The molecule has 2 rings (SSSR count). The maximum atomic E-state index is 5.43. The van der Waals surface area contributed by atoms with Gasteiger partial charge in [-0.2, -0.15) is 0 Å². The van der Waals surface area contributed by atoms with Crippen molar-refractivity contribution in [1.82, 2.24) is 15.3 Å². The van der Waals surface area contributed by atoms with Crippen LogP contribution in [-0.4, -0.2) is 29.7 Å². The zero-order valence-corrected chi connectivity index (χ0v) is 10.4. The van der Waals surface area contributed by atoms with Gasteiger partial charge in [0.05, 0.1) is 11.7 Å². The van der Waals surface area contributed by atoms with Crippen molar-refractivity contribution in [3.63, 3.8) is 0 Å². The van der Waals surface area contributed by atoms with E-state index in [9.17, 15) is 0 Å². The molecular formula is C13H21N3O. The first-order valence-corrected chi connectivity index (χ1v) is 6.49. The number of hydrogen-bond acceptors (Lipinski definition) is 4. The van der Waals surface area contributed by atoms with Crippen LogP contribution in [0.5, 0.6) is 0 Å². The van der Waals surface area contributed by atoms with E-state index in [1.807, 2.05) is 12.3 Å². The normalized spacial score (nSPS) is 19.1. The Morgan fingerprint density at radius 1 is 1.47 bits per heavy atom. The predicted molar refractivity (Wildman–Crippen MR) is 66.6 cm³/mol. The topological polar surface area (TPSA) is 47.0 Å². The van der Waals surface area contributed by atoms with Crippen LogP contribution in [0.4, 0.5) is 0 Å². The van der Waals surface area contributed by atoms with Gasteiger partial charge in [-0.3, -0.25) is 0 Å². The zero-order valence-electron chi connectivity index (χ0n) is 10.4. The Hall–Kier alpha value is -1.00. The molecule has 94 valence electrons. The van der Waals surface area contributed by atoms with E-state index in [1.54, 1.807) is 6.33 Å². The highest BCUT2D eigenvalue weighted by Crippen LogP contribution is 2.28. The second-order valence-electron chi connectivity index (χ2n) is 4.52. The molecule has 0 bridgehead atoms. The van der Waals surface area contributed by atoms with Crippen molar-refractivity contribution in [2.45, 2.75) is 32.2 Å². The van der Waals surface area contributed by atoms with Crippen LogP contribution in [-0.2, 0) is 4.74 Å². The Kier molecular flexibility index (Phi) is 4.88. The number of ether oxygens (including phenoxy) is 1. The van der Waals surface area contributed by atoms with E-state index in [2.05, 4.69) is 22.2 Å². The van der Waals surface area contributed by atoms with Gasteiger partial charge in [0.1, 0.15) is 6.33 Å². The molecule has 0 aliphatic carbocycles. The quantitative estimate of drug-likeness (QED) is 0.847. The highest BCUT2D eigenvalue weighted by molar-refractivity contribution is 5.06. The summed E-state index contributed by atoms with van der Waals surface area (Å²) in [5, 5.41) is 3.61. The second-order valence-corrected chi connectivity index (χ2v) is 4.52. The summed E-state index contributed by atoms with van der Waals surface area (Å²) in [6.45, 7) is 4.97. The molecule has 1 aliphatic heterocycles. The van der Waals surface area contributed by atoms with E-state index in [0.717, 1.165) is 44.7 Å². The molecule has 1 saturated heterocycles. The molecule has 1 atom stereocenters. The van der Waals surface area contributed by atoms with Crippen molar-refractivity contribution in [2.75, 3.05) is 19.8 Å². The third-order valence-electron chi connectivity index (χ3n) is 3.28. The predicted octanol–water partition coefficient (Wildman–Crippen LogP) is 1.94. The molecular weight excluding hydrogens is 214 g/mol. The van der Waals surface area contributed by atoms with E-state index in [0.29, 0.717) is 12.0 Å². The van der Waals surface area contributed by atoms with Crippen molar-refractivity contribution in [3.8, 4) is 0 Å².